The quantitative estimate of drug-likeness (QED) is 0.207. The number of benzene rings is 6. The molecule has 8 rings (SSSR count). The molecule has 2 aliphatic heterocycles. The molecule has 6 aromatic carbocycles. The zero-order valence-electron chi connectivity index (χ0n) is 34.7. The normalized spacial score (nSPS) is 15.2. The highest BCUT2D eigenvalue weighted by atomic mass is 16.5. The lowest BCUT2D eigenvalue weighted by Crippen LogP contribution is -3.06. The zero-order valence-corrected chi connectivity index (χ0v) is 34.7. The van der Waals surface area contributed by atoms with Crippen molar-refractivity contribution in [3.8, 4) is 11.5 Å². The monoisotopic (exact) mass is 794 g/mol. The van der Waals surface area contributed by atoms with Gasteiger partial charge in [-0.2, -0.15) is 10.2 Å². The summed E-state index contributed by atoms with van der Waals surface area (Å²) in [4.78, 5) is 36.0. The summed E-state index contributed by atoms with van der Waals surface area (Å²) in [5.41, 5.74) is 8.40. The fraction of sp³-hybridized carbons (Fsp3) is 0.125. The standard InChI is InChI=1S/2C24H24BN3O2/c2*1-18-24(19(2)29)27-28(22-14-16-23(30-3)17-15-22)25(26-18,20-10-6-4-7-11-20)21-12-8-5-9-13-21/h2*4-17,26H,1-3H3. The Morgan fingerprint density at radius 2 is 0.717 bits per heavy atom. The highest BCUT2D eigenvalue weighted by Crippen LogP contribution is 2.25. The van der Waals surface area contributed by atoms with Gasteiger partial charge in [-0.1, -0.05) is 121 Å². The Labute approximate surface area is 351 Å². The molecule has 0 aromatic heterocycles. The van der Waals surface area contributed by atoms with Crippen molar-refractivity contribution in [2.75, 3.05) is 24.1 Å². The van der Waals surface area contributed by atoms with E-state index in [1.807, 2.05) is 145 Å². The molecule has 0 atom stereocenters. The molecule has 0 unspecified atom stereocenters. The molecule has 0 saturated carbocycles. The van der Waals surface area contributed by atoms with Crippen molar-refractivity contribution in [2.45, 2.75) is 27.7 Å². The second-order valence-electron chi connectivity index (χ2n) is 14.9. The third-order valence-corrected chi connectivity index (χ3v) is 11.2. The molecule has 2 N–H and O–H groups in total. The lowest BCUT2D eigenvalue weighted by molar-refractivity contribution is -0.301. The van der Waals surface area contributed by atoms with E-state index in [4.69, 9.17) is 19.7 Å². The number of carbonyl (C=O) groups is 2. The molecule has 0 radical (unpaired) electrons. The van der Waals surface area contributed by atoms with Gasteiger partial charge in [0.25, 0.3) is 0 Å². The predicted molar refractivity (Wildman–Crippen MR) is 246 cm³/mol. The molecule has 2 aliphatic rings. The van der Waals surface area contributed by atoms with Crippen molar-refractivity contribution in [2.24, 2.45) is 10.2 Å². The number of hydrazone groups is 2. The van der Waals surface area contributed by atoms with Gasteiger partial charge >= 0.3 is 12.8 Å². The van der Waals surface area contributed by atoms with E-state index in [2.05, 4.69) is 58.3 Å². The highest BCUT2D eigenvalue weighted by molar-refractivity contribution is 7.00. The van der Waals surface area contributed by atoms with Gasteiger partial charge in [0.15, 0.2) is 34.4 Å². The molecule has 0 aliphatic carbocycles. The highest BCUT2D eigenvalue weighted by Gasteiger charge is 2.49. The lowest BCUT2D eigenvalue weighted by atomic mass is 9.36. The Morgan fingerprint density at radius 3 is 0.950 bits per heavy atom. The number of Topliss-reactive ketones (excluding diaryl/α,β-unsaturated/α-hetero) is 2. The van der Waals surface area contributed by atoms with E-state index in [1.54, 1.807) is 28.1 Å². The van der Waals surface area contributed by atoms with E-state index in [-0.39, 0.29) is 11.6 Å². The van der Waals surface area contributed by atoms with Crippen molar-refractivity contribution in [1.82, 2.24) is 0 Å². The van der Waals surface area contributed by atoms with Crippen molar-refractivity contribution < 1.29 is 28.9 Å². The van der Waals surface area contributed by atoms with Crippen LogP contribution in [0, 0.1) is 0 Å². The molecule has 0 saturated heterocycles. The van der Waals surface area contributed by atoms with E-state index in [0.717, 1.165) is 56.1 Å². The topological polar surface area (TPSA) is 112 Å². The van der Waals surface area contributed by atoms with Crippen LogP contribution in [0.25, 0.3) is 0 Å². The summed E-state index contributed by atoms with van der Waals surface area (Å²) in [6.07, 6.45) is -3.44. The molecular formula is C48H48B2N6O4. The Morgan fingerprint density at radius 1 is 0.450 bits per heavy atom. The number of carbonyl (C=O) groups excluding carboxylic acids is 2. The first-order valence-corrected chi connectivity index (χ1v) is 20.0. The molecule has 12 heteroatoms. The molecule has 0 spiro atoms. The van der Waals surface area contributed by atoms with Crippen LogP contribution in [0.4, 0.5) is 11.4 Å². The molecule has 6 aromatic rings. The summed E-state index contributed by atoms with van der Waals surface area (Å²) in [6, 6.07) is 56.4. The van der Waals surface area contributed by atoms with Crippen LogP contribution in [0.2, 0.25) is 0 Å². The van der Waals surface area contributed by atoms with Gasteiger partial charge in [0, 0.05) is 39.1 Å². The predicted octanol–water partition coefficient (Wildman–Crippen LogP) is 2.52. The van der Waals surface area contributed by atoms with Crippen molar-refractivity contribution >= 4 is 80.5 Å². The van der Waals surface area contributed by atoms with E-state index < -0.39 is 12.8 Å². The summed E-state index contributed by atoms with van der Waals surface area (Å²) in [6.45, 7) is 6.91. The number of methoxy groups -OCH3 is 2. The number of rotatable bonds is 10. The van der Waals surface area contributed by atoms with Gasteiger partial charge in [-0.3, -0.25) is 9.59 Å². The Hall–Kier alpha value is -7.33. The third-order valence-electron chi connectivity index (χ3n) is 11.2. The third kappa shape index (κ3) is 7.79. The van der Waals surface area contributed by atoms with Gasteiger partial charge in [0.05, 0.1) is 14.2 Å². The Balaban J connectivity index is 0.000000181. The van der Waals surface area contributed by atoms with Crippen LogP contribution in [0.5, 0.6) is 11.5 Å². The summed E-state index contributed by atoms with van der Waals surface area (Å²) < 4.78 is 10.7. The van der Waals surface area contributed by atoms with Crippen LogP contribution in [-0.2, 0) is 9.59 Å². The minimum Gasteiger partial charge on any atom is -0.497 e. The fourth-order valence-electron chi connectivity index (χ4n) is 8.34. The number of anilines is 2. The largest absolute Gasteiger partial charge is 0.497 e. The van der Waals surface area contributed by atoms with Gasteiger partial charge < -0.3 is 29.1 Å². The molecule has 10 nitrogen and oxygen atoms in total. The SMILES string of the molecule is COc1ccc(N2N=C(C(C)=O)C(C)=[NH+][B-]2(c2ccccc2)c2ccccc2)cc1.COc1ccc(N2N=C(C(C)=O)C(C)=[NH+][B-]2(c2ccccc2)c2ccccc2)cc1. The molecule has 0 fully saturated rings. The van der Waals surface area contributed by atoms with E-state index >= 15 is 0 Å². The smallest absolute Gasteiger partial charge is 0.443 e. The van der Waals surface area contributed by atoms with Gasteiger partial charge in [-0.15, -0.1) is 21.9 Å². The van der Waals surface area contributed by atoms with Gasteiger partial charge in [0.1, 0.15) is 11.5 Å². The maximum atomic E-state index is 12.3. The average molecular weight is 795 g/mol. The minimum atomic E-state index is -1.72. The fourth-order valence-corrected chi connectivity index (χ4v) is 8.34. The van der Waals surface area contributed by atoms with E-state index in [9.17, 15) is 9.59 Å². The number of nitrogens with one attached hydrogen (secondary N) is 2. The molecule has 300 valence electrons. The first-order valence-electron chi connectivity index (χ1n) is 20.0. The Bertz CT molecular complexity index is 2320. The maximum absolute atomic E-state index is 12.3. The number of hydrogen-bond donors (Lipinski definition) is 2. The number of ether oxygens (including phenoxy) is 2. The summed E-state index contributed by atoms with van der Waals surface area (Å²) in [5, 5.41) is 9.76. The summed E-state index contributed by atoms with van der Waals surface area (Å²) in [5.74, 6) is 1.37. The van der Waals surface area contributed by atoms with Crippen LogP contribution in [0.3, 0.4) is 0 Å². The van der Waals surface area contributed by atoms with Crippen LogP contribution >= 0.6 is 0 Å². The zero-order chi connectivity index (χ0) is 42.3. The van der Waals surface area contributed by atoms with Gasteiger partial charge in [-0.25, -0.2) is 0 Å². The van der Waals surface area contributed by atoms with Crippen molar-refractivity contribution in [3.63, 3.8) is 0 Å². The summed E-state index contributed by atoms with van der Waals surface area (Å²) >= 11 is 0. The van der Waals surface area contributed by atoms with E-state index in [1.165, 1.54) is 0 Å². The molecule has 0 amide bonds. The van der Waals surface area contributed by atoms with Gasteiger partial charge in [0.2, 0.25) is 0 Å². The minimum absolute atomic E-state index is 0.0796. The van der Waals surface area contributed by atoms with Crippen LogP contribution < -0.4 is 51.0 Å². The van der Waals surface area contributed by atoms with Crippen LogP contribution in [0.15, 0.2) is 180 Å². The first-order chi connectivity index (χ1) is 29.1. The first kappa shape index (κ1) is 40.9. The second-order valence-corrected chi connectivity index (χ2v) is 14.9. The van der Waals surface area contributed by atoms with Gasteiger partial charge in [-0.05, 0) is 48.5 Å². The number of ketones is 2. The average Bonchev–Trinajstić information content (AvgIpc) is 3.30. The Kier molecular flexibility index (Phi) is 12.0. The lowest BCUT2D eigenvalue weighted by Gasteiger charge is -2.44. The molecule has 2 heterocycles. The number of hydrogen-bond acceptors (Lipinski definition) is 8. The molecule has 0 bridgehead atoms. The molecular weight excluding hydrogens is 746 g/mol. The van der Waals surface area contributed by atoms with E-state index in [0.29, 0.717) is 11.4 Å². The van der Waals surface area contributed by atoms with Crippen molar-refractivity contribution in [3.05, 3.63) is 170 Å². The van der Waals surface area contributed by atoms with Crippen LogP contribution in [-0.4, -0.2) is 61.5 Å². The molecule has 60 heavy (non-hydrogen) atoms. The second kappa shape index (κ2) is 17.7. The van der Waals surface area contributed by atoms with Crippen LogP contribution in [0.1, 0.15) is 27.7 Å². The van der Waals surface area contributed by atoms with Crippen molar-refractivity contribution in [1.29, 1.82) is 0 Å². The number of nitrogens with zero attached hydrogens (tertiary/aromatic N) is 4. The maximum Gasteiger partial charge on any atom is 0.443 e. The summed E-state index contributed by atoms with van der Waals surface area (Å²) in [7, 11) is 3.29.